The molecule has 0 saturated heterocycles. The van der Waals surface area contributed by atoms with E-state index in [4.69, 9.17) is 0 Å². The number of fused-ring (bicyclic) bond motifs is 1. The highest BCUT2D eigenvalue weighted by Crippen LogP contribution is 2.24. The SMILES string of the molecule is Cc1nc2c([nH]1)CC(C(=O)NCC(O)c1ccccn1)CC2. The van der Waals surface area contributed by atoms with Crippen LogP contribution in [0.25, 0.3) is 0 Å². The minimum absolute atomic E-state index is 0.0205. The molecule has 6 heteroatoms. The van der Waals surface area contributed by atoms with E-state index in [0.717, 1.165) is 30.1 Å². The first kappa shape index (κ1) is 14.7. The highest BCUT2D eigenvalue weighted by molar-refractivity contribution is 5.79. The molecule has 1 amide bonds. The summed E-state index contributed by atoms with van der Waals surface area (Å²) in [5.74, 6) is 0.813. The Morgan fingerprint density at radius 3 is 3.18 bits per heavy atom. The number of aliphatic hydroxyl groups is 1. The van der Waals surface area contributed by atoms with Crippen molar-refractivity contribution < 1.29 is 9.90 Å². The summed E-state index contributed by atoms with van der Waals surface area (Å²) >= 11 is 0. The number of amides is 1. The fourth-order valence-electron chi connectivity index (χ4n) is 2.87. The zero-order valence-corrected chi connectivity index (χ0v) is 12.5. The molecule has 3 N–H and O–H groups in total. The largest absolute Gasteiger partial charge is 0.385 e. The van der Waals surface area contributed by atoms with Gasteiger partial charge in [0, 0.05) is 30.8 Å². The van der Waals surface area contributed by atoms with Gasteiger partial charge in [0.1, 0.15) is 11.9 Å². The number of rotatable bonds is 4. The molecule has 6 nitrogen and oxygen atoms in total. The van der Waals surface area contributed by atoms with Gasteiger partial charge in [-0.1, -0.05) is 6.07 Å². The fourth-order valence-corrected chi connectivity index (χ4v) is 2.87. The first-order valence-electron chi connectivity index (χ1n) is 7.54. The number of pyridine rings is 1. The van der Waals surface area contributed by atoms with Gasteiger partial charge >= 0.3 is 0 Å². The first-order valence-corrected chi connectivity index (χ1v) is 7.54. The number of nitrogens with zero attached hydrogens (tertiary/aromatic N) is 2. The van der Waals surface area contributed by atoms with Crippen LogP contribution in [-0.2, 0) is 17.6 Å². The van der Waals surface area contributed by atoms with Crippen LogP contribution in [0.1, 0.15) is 35.4 Å². The topological polar surface area (TPSA) is 90.9 Å². The lowest BCUT2D eigenvalue weighted by Crippen LogP contribution is -2.36. The molecule has 0 saturated carbocycles. The van der Waals surface area contributed by atoms with E-state index in [-0.39, 0.29) is 18.4 Å². The summed E-state index contributed by atoms with van der Waals surface area (Å²) in [5.41, 5.74) is 2.71. The van der Waals surface area contributed by atoms with E-state index in [1.807, 2.05) is 13.0 Å². The molecule has 0 bridgehead atoms. The van der Waals surface area contributed by atoms with Crippen molar-refractivity contribution in [1.29, 1.82) is 0 Å². The summed E-state index contributed by atoms with van der Waals surface area (Å²) in [7, 11) is 0. The van der Waals surface area contributed by atoms with Crippen molar-refractivity contribution in [3.63, 3.8) is 0 Å². The second kappa shape index (κ2) is 6.27. The number of aryl methyl sites for hydroxylation is 2. The molecule has 2 heterocycles. The average Bonchev–Trinajstić information content (AvgIpc) is 2.92. The molecular weight excluding hydrogens is 280 g/mol. The maximum absolute atomic E-state index is 12.3. The first-order chi connectivity index (χ1) is 10.6. The Bertz CT molecular complexity index is 653. The van der Waals surface area contributed by atoms with Crippen molar-refractivity contribution in [3.05, 3.63) is 47.3 Å². The number of carbonyl (C=O) groups is 1. The predicted molar refractivity (Wildman–Crippen MR) is 81.0 cm³/mol. The highest BCUT2D eigenvalue weighted by atomic mass is 16.3. The number of carbonyl (C=O) groups excluding carboxylic acids is 1. The molecule has 2 atom stereocenters. The number of aromatic amines is 1. The highest BCUT2D eigenvalue weighted by Gasteiger charge is 2.27. The summed E-state index contributed by atoms with van der Waals surface area (Å²) in [6.45, 7) is 2.11. The Morgan fingerprint density at radius 1 is 1.55 bits per heavy atom. The van der Waals surface area contributed by atoms with E-state index >= 15 is 0 Å². The lowest BCUT2D eigenvalue weighted by atomic mass is 9.89. The van der Waals surface area contributed by atoms with Gasteiger partial charge in [-0.15, -0.1) is 0 Å². The Hall–Kier alpha value is -2.21. The van der Waals surface area contributed by atoms with Crippen molar-refractivity contribution >= 4 is 5.91 Å². The molecule has 2 unspecified atom stereocenters. The van der Waals surface area contributed by atoms with Gasteiger partial charge in [-0.25, -0.2) is 4.98 Å². The van der Waals surface area contributed by atoms with Gasteiger partial charge in [-0.05, 0) is 31.9 Å². The second-order valence-electron chi connectivity index (χ2n) is 5.70. The van der Waals surface area contributed by atoms with E-state index in [1.165, 1.54) is 0 Å². The number of hydrogen-bond acceptors (Lipinski definition) is 4. The van der Waals surface area contributed by atoms with Gasteiger partial charge in [0.2, 0.25) is 5.91 Å². The minimum atomic E-state index is -0.779. The fraction of sp³-hybridized carbons (Fsp3) is 0.438. The molecule has 0 fully saturated rings. The van der Waals surface area contributed by atoms with Crippen molar-refractivity contribution in [3.8, 4) is 0 Å². The standard InChI is InChI=1S/C16H20N4O2/c1-10-19-12-6-5-11(8-14(12)20-10)16(22)18-9-15(21)13-4-2-3-7-17-13/h2-4,7,11,15,21H,5-6,8-9H2,1H3,(H,18,22)(H,19,20). The van der Waals surface area contributed by atoms with Gasteiger partial charge < -0.3 is 15.4 Å². The average molecular weight is 300 g/mol. The molecular formula is C16H20N4O2. The van der Waals surface area contributed by atoms with Crippen LogP contribution >= 0.6 is 0 Å². The number of aromatic nitrogens is 3. The Kier molecular flexibility index (Phi) is 4.20. The van der Waals surface area contributed by atoms with Crippen molar-refractivity contribution in [1.82, 2.24) is 20.3 Å². The maximum Gasteiger partial charge on any atom is 0.223 e. The second-order valence-corrected chi connectivity index (χ2v) is 5.70. The summed E-state index contributed by atoms with van der Waals surface area (Å²) in [6.07, 6.45) is 3.15. The molecule has 22 heavy (non-hydrogen) atoms. The third kappa shape index (κ3) is 3.17. The molecule has 1 aliphatic rings. The van der Waals surface area contributed by atoms with Crippen LogP contribution in [0, 0.1) is 12.8 Å². The van der Waals surface area contributed by atoms with Crippen LogP contribution in [0.5, 0.6) is 0 Å². The Morgan fingerprint density at radius 2 is 2.41 bits per heavy atom. The molecule has 0 aromatic carbocycles. The van der Waals surface area contributed by atoms with E-state index in [1.54, 1.807) is 18.3 Å². The lowest BCUT2D eigenvalue weighted by molar-refractivity contribution is -0.125. The van der Waals surface area contributed by atoms with E-state index in [0.29, 0.717) is 12.1 Å². The monoisotopic (exact) mass is 300 g/mol. The van der Waals surface area contributed by atoms with Crippen LogP contribution in [-0.4, -0.2) is 32.5 Å². The van der Waals surface area contributed by atoms with Crippen LogP contribution in [0.4, 0.5) is 0 Å². The van der Waals surface area contributed by atoms with Crippen LogP contribution < -0.4 is 5.32 Å². The van der Waals surface area contributed by atoms with Crippen molar-refractivity contribution in [2.45, 2.75) is 32.3 Å². The van der Waals surface area contributed by atoms with Crippen molar-refractivity contribution in [2.24, 2.45) is 5.92 Å². The predicted octanol–water partition coefficient (Wildman–Crippen LogP) is 1.07. The van der Waals surface area contributed by atoms with E-state index < -0.39 is 6.10 Å². The van der Waals surface area contributed by atoms with Crippen LogP contribution in [0.15, 0.2) is 24.4 Å². The Labute approximate surface area is 129 Å². The minimum Gasteiger partial charge on any atom is -0.385 e. The molecule has 0 aliphatic heterocycles. The van der Waals surface area contributed by atoms with Gasteiger partial charge in [-0.2, -0.15) is 0 Å². The smallest absolute Gasteiger partial charge is 0.223 e. The summed E-state index contributed by atoms with van der Waals surface area (Å²) in [6, 6.07) is 5.36. The third-order valence-electron chi connectivity index (χ3n) is 4.03. The molecule has 2 aromatic rings. The van der Waals surface area contributed by atoms with Gasteiger partial charge in [-0.3, -0.25) is 9.78 Å². The van der Waals surface area contributed by atoms with E-state index in [9.17, 15) is 9.90 Å². The number of aliphatic hydroxyl groups excluding tert-OH is 1. The zero-order valence-electron chi connectivity index (χ0n) is 12.5. The number of H-pyrrole nitrogens is 1. The summed E-state index contributed by atoms with van der Waals surface area (Å²) in [5, 5.41) is 12.9. The normalized spacial score (nSPS) is 18.5. The van der Waals surface area contributed by atoms with Gasteiger partial charge in [0.05, 0.1) is 11.4 Å². The molecule has 0 radical (unpaired) electrons. The van der Waals surface area contributed by atoms with Crippen LogP contribution in [0.3, 0.4) is 0 Å². The molecule has 116 valence electrons. The third-order valence-corrected chi connectivity index (χ3v) is 4.03. The lowest BCUT2D eigenvalue weighted by Gasteiger charge is -2.21. The number of hydrogen-bond donors (Lipinski definition) is 3. The molecule has 0 spiro atoms. The molecule has 2 aromatic heterocycles. The summed E-state index contributed by atoms with van der Waals surface area (Å²) in [4.78, 5) is 24.0. The van der Waals surface area contributed by atoms with Gasteiger partial charge in [0.25, 0.3) is 0 Å². The zero-order chi connectivity index (χ0) is 15.5. The maximum atomic E-state index is 12.3. The molecule has 1 aliphatic carbocycles. The number of imidazole rings is 1. The summed E-state index contributed by atoms with van der Waals surface area (Å²) < 4.78 is 0. The quantitative estimate of drug-likeness (QED) is 0.787. The Balaban J connectivity index is 1.55. The van der Waals surface area contributed by atoms with Gasteiger partial charge in [0.15, 0.2) is 0 Å². The van der Waals surface area contributed by atoms with E-state index in [2.05, 4.69) is 20.3 Å². The van der Waals surface area contributed by atoms with Crippen LogP contribution in [0.2, 0.25) is 0 Å². The van der Waals surface area contributed by atoms with Crippen molar-refractivity contribution in [2.75, 3.05) is 6.54 Å². The molecule has 3 rings (SSSR count). The number of nitrogens with one attached hydrogen (secondary N) is 2.